The predicted molar refractivity (Wildman–Crippen MR) is 100 cm³/mol. The third-order valence-corrected chi connectivity index (χ3v) is 4.93. The number of piperidine rings is 1. The first-order valence-electron chi connectivity index (χ1n) is 8.95. The Bertz CT molecular complexity index is 718. The highest BCUT2D eigenvalue weighted by Gasteiger charge is 2.47. The van der Waals surface area contributed by atoms with Gasteiger partial charge in [-0.2, -0.15) is 0 Å². The number of esters is 1. The summed E-state index contributed by atoms with van der Waals surface area (Å²) in [5, 5.41) is 0. The summed E-state index contributed by atoms with van der Waals surface area (Å²) in [4.78, 5) is 39.0. The fourth-order valence-corrected chi connectivity index (χ4v) is 4.45. The van der Waals surface area contributed by atoms with Gasteiger partial charge in [0.2, 0.25) is 0 Å². The number of rotatable bonds is 3. The molecular weight excluding hydrogens is 330 g/mol. The number of aryl methyl sites for hydroxylation is 3. The molecule has 1 aliphatic rings. The van der Waals surface area contributed by atoms with Crippen LogP contribution in [-0.4, -0.2) is 40.2 Å². The highest BCUT2D eigenvalue weighted by molar-refractivity contribution is 5.94. The molecule has 1 aromatic carbocycles. The summed E-state index contributed by atoms with van der Waals surface area (Å²) in [6.45, 7) is 12.9. The Morgan fingerprint density at radius 1 is 1.00 bits per heavy atom. The molecule has 1 amide bonds. The molecule has 5 nitrogen and oxygen atoms in total. The first-order chi connectivity index (χ1) is 11.8. The normalized spacial score (nSPS) is 18.6. The van der Waals surface area contributed by atoms with Gasteiger partial charge in [-0.15, -0.1) is 0 Å². The summed E-state index contributed by atoms with van der Waals surface area (Å²) in [6.07, 6.45) is 0.624. The van der Waals surface area contributed by atoms with Crippen LogP contribution in [0, 0.1) is 20.8 Å². The van der Waals surface area contributed by atoms with Crippen molar-refractivity contribution in [3.63, 3.8) is 0 Å². The van der Waals surface area contributed by atoms with Crippen LogP contribution in [0.3, 0.4) is 0 Å². The van der Waals surface area contributed by atoms with E-state index >= 15 is 0 Å². The van der Waals surface area contributed by atoms with E-state index in [0.717, 1.165) is 16.7 Å². The summed E-state index contributed by atoms with van der Waals surface area (Å²) < 4.78 is 5.34. The molecule has 1 fully saturated rings. The number of likely N-dealkylation sites (tertiary alicyclic amines) is 1. The van der Waals surface area contributed by atoms with Crippen LogP contribution >= 0.6 is 0 Å². The summed E-state index contributed by atoms with van der Waals surface area (Å²) in [5.41, 5.74) is 2.06. The van der Waals surface area contributed by atoms with Gasteiger partial charge < -0.3 is 9.64 Å². The number of ketones is 1. The topological polar surface area (TPSA) is 63.7 Å². The highest BCUT2D eigenvalue weighted by Crippen LogP contribution is 2.36. The molecule has 0 bridgehead atoms. The van der Waals surface area contributed by atoms with Crippen molar-refractivity contribution < 1.29 is 19.1 Å². The number of hydrogen-bond donors (Lipinski definition) is 0. The molecule has 5 heteroatoms. The van der Waals surface area contributed by atoms with Gasteiger partial charge in [0.25, 0.3) is 5.91 Å². The lowest BCUT2D eigenvalue weighted by Crippen LogP contribution is -2.63. The fraction of sp³-hybridized carbons (Fsp3) is 0.571. The third-order valence-electron chi connectivity index (χ3n) is 4.93. The second kappa shape index (κ2) is 6.86. The van der Waals surface area contributed by atoms with E-state index in [1.807, 2.05) is 60.6 Å². The van der Waals surface area contributed by atoms with Crippen molar-refractivity contribution in [3.05, 3.63) is 34.4 Å². The zero-order valence-electron chi connectivity index (χ0n) is 16.9. The predicted octanol–water partition coefficient (Wildman–Crippen LogP) is 3.52. The van der Waals surface area contributed by atoms with Crippen molar-refractivity contribution in [1.29, 1.82) is 0 Å². The van der Waals surface area contributed by atoms with Crippen molar-refractivity contribution in [3.8, 4) is 0 Å². The van der Waals surface area contributed by atoms with Gasteiger partial charge in [0, 0.05) is 23.9 Å². The van der Waals surface area contributed by atoms with E-state index in [0.29, 0.717) is 18.4 Å². The van der Waals surface area contributed by atoms with Crippen LogP contribution in [-0.2, 0) is 14.3 Å². The SMILES string of the molecule is Cc1cc(C)c(C(=O)OCC(=O)N2C(C)(C)CC(=O)CC2(C)C)c(C)c1. The first-order valence-corrected chi connectivity index (χ1v) is 8.95. The lowest BCUT2D eigenvalue weighted by molar-refractivity contribution is -0.156. The molecule has 2 rings (SSSR count). The maximum absolute atomic E-state index is 12.8. The summed E-state index contributed by atoms with van der Waals surface area (Å²) >= 11 is 0. The van der Waals surface area contributed by atoms with E-state index in [9.17, 15) is 14.4 Å². The van der Waals surface area contributed by atoms with Gasteiger partial charge in [-0.1, -0.05) is 17.7 Å². The minimum atomic E-state index is -0.599. The molecule has 0 aliphatic carbocycles. The van der Waals surface area contributed by atoms with Crippen LogP contribution in [0.5, 0.6) is 0 Å². The van der Waals surface area contributed by atoms with Crippen molar-refractivity contribution in [1.82, 2.24) is 4.90 Å². The van der Waals surface area contributed by atoms with Gasteiger partial charge in [-0.25, -0.2) is 4.79 Å². The number of carbonyl (C=O) groups excluding carboxylic acids is 3. The van der Waals surface area contributed by atoms with E-state index in [4.69, 9.17) is 4.74 Å². The zero-order chi connectivity index (χ0) is 19.9. The molecule has 1 aliphatic heterocycles. The lowest BCUT2D eigenvalue weighted by Gasteiger charge is -2.52. The Morgan fingerprint density at radius 2 is 1.46 bits per heavy atom. The molecule has 0 radical (unpaired) electrons. The van der Waals surface area contributed by atoms with E-state index in [2.05, 4.69) is 0 Å². The molecule has 0 spiro atoms. The number of hydrogen-bond acceptors (Lipinski definition) is 4. The minimum absolute atomic E-state index is 0.145. The van der Waals surface area contributed by atoms with Crippen molar-refractivity contribution >= 4 is 17.7 Å². The first kappa shape index (κ1) is 20.1. The van der Waals surface area contributed by atoms with E-state index in [1.54, 1.807) is 4.90 Å². The second-order valence-electron chi connectivity index (χ2n) is 8.60. The average Bonchev–Trinajstić information content (AvgIpc) is 2.40. The summed E-state index contributed by atoms with van der Waals surface area (Å²) in [6, 6.07) is 3.85. The summed E-state index contributed by atoms with van der Waals surface area (Å²) in [5.74, 6) is -0.618. The molecule has 0 unspecified atom stereocenters. The molecule has 0 N–H and O–H groups in total. The molecule has 1 saturated heterocycles. The van der Waals surface area contributed by atoms with E-state index in [-0.39, 0.29) is 18.3 Å². The van der Waals surface area contributed by atoms with E-state index < -0.39 is 17.0 Å². The Hall–Kier alpha value is -2.17. The molecule has 26 heavy (non-hydrogen) atoms. The minimum Gasteiger partial charge on any atom is -0.452 e. The van der Waals surface area contributed by atoms with Crippen molar-refractivity contribution in [2.24, 2.45) is 0 Å². The van der Waals surface area contributed by atoms with Crippen LogP contribution in [0.25, 0.3) is 0 Å². The van der Waals surface area contributed by atoms with Crippen molar-refractivity contribution in [2.45, 2.75) is 72.4 Å². The van der Waals surface area contributed by atoms with Gasteiger partial charge in [0.15, 0.2) is 6.61 Å². The van der Waals surface area contributed by atoms with Crippen LogP contribution in [0.1, 0.15) is 67.6 Å². The van der Waals surface area contributed by atoms with Gasteiger partial charge in [0.05, 0.1) is 5.56 Å². The number of amides is 1. The molecule has 0 saturated carbocycles. The monoisotopic (exact) mass is 359 g/mol. The van der Waals surface area contributed by atoms with Crippen LogP contribution in [0.2, 0.25) is 0 Å². The Morgan fingerprint density at radius 3 is 1.92 bits per heavy atom. The maximum Gasteiger partial charge on any atom is 0.339 e. The van der Waals surface area contributed by atoms with Gasteiger partial charge in [-0.3, -0.25) is 9.59 Å². The van der Waals surface area contributed by atoms with Crippen LogP contribution in [0.4, 0.5) is 0 Å². The molecule has 142 valence electrons. The fourth-order valence-electron chi connectivity index (χ4n) is 4.45. The lowest BCUT2D eigenvalue weighted by atomic mass is 9.79. The highest BCUT2D eigenvalue weighted by atomic mass is 16.5. The molecule has 0 atom stereocenters. The maximum atomic E-state index is 12.8. The molecular formula is C21H29NO4. The van der Waals surface area contributed by atoms with Crippen molar-refractivity contribution in [2.75, 3.05) is 6.61 Å². The number of ether oxygens (including phenoxy) is 1. The largest absolute Gasteiger partial charge is 0.452 e. The van der Waals surface area contributed by atoms with Gasteiger partial charge in [0.1, 0.15) is 5.78 Å². The van der Waals surface area contributed by atoms with E-state index in [1.165, 1.54) is 0 Å². The average molecular weight is 359 g/mol. The smallest absolute Gasteiger partial charge is 0.339 e. The number of carbonyl (C=O) groups is 3. The third kappa shape index (κ3) is 3.97. The number of nitrogens with zero attached hydrogens (tertiary/aromatic N) is 1. The number of benzene rings is 1. The number of Topliss-reactive ketones (excluding diaryl/α,β-unsaturated/α-hetero) is 1. The molecule has 1 aromatic rings. The van der Waals surface area contributed by atoms with Crippen LogP contribution < -0.4 is 0 Å². The zero-order valence-corrected chi connectivity index (χ0v) is 16.9. The Balaban J connectivity index is 2.15. The van der Waals surface area contributed by atoms with Gasteiger partial charge >= 0.3 is 5.97 Å². The molecule has 0 aromatic heterocycles. The Labute approximate surface area is 155 Å². The van der Waals surface area contributed by atoms with Crippen LogP contribution in [0.15, 0.2) is 12.1 Å². The molecule has 1 heterocycles. The standard InChI is InChI=1S/C21H29NO4/c1-13-8-14(2)18(15(3)9-13)19(25)26-12-17(24)22-20(4,5)10-16(23)11-21(22,6)7/h8-9H,10-12H2,1-7H3. The summed E-state index contributed by atoms with van der Waals surface area (Å²) in [7, 11) is 0. The quantitative estimate of drug-likeness (QED) is 0.775. The van der Waals surface area contributed by atoms with Gasteiger partial charge in [-0.05, 0) is 59.6 Å². The second-order valence-corrected chi connectivity index (χ2v) is 8.60. The Kier molecular flexibility index (Phi) is 5.31.